The molecular formula is C26H20N4O9. The van der Waals surface area contributed by atoms with E-state index in [0.717, 1.165) is 0 Å². The number of anilines is 4. The Labute approximate surface area is 220 Å². The lowest BCUT2D eigenvalue weighted by atomic mass is 10.1. The second-order valence-corrected chi connectivity index (χ2v) is 8.40. The molecule has 39 heavy (non-hydrogen) atoms. The van der Waals surface area contributed by atoms with Crippen LogP contribution in [-0.4, -0.2) is 54.5 Å². The van der Waals surface area contributed by atoms with E-state index in [-0.39, 0.29) is 49.0 Å². The largest absolute Gasteiger partial charge is 0.482 e. The molecule has 3 aromatic rings. The Morgan fingerprint density at radius 1 is 0.641 bits per heavy atom. The zero-order valence-corrected chi connectivity index (χ0v) is 20.0. The van der Waals surface area contributed by atoms with Gasteiger partial charge in [0.2, 0.25) is 0 Å². The predicted octanol–water partition coefficient (Wildman–Crippen LogP) is 2.32. The number of nitrogens with one attached hydrogen (secondary N) is 4. The first-order valence-electron chi connectivity index (χ1n) is 11.5. The third-order valence-electron chi connectivity index (χ3n) is 5.60. The summed E-state index contributed by atoms with van der Waals surface area (Å²) in [5, 5.41) is 19.3. The first-order valence-corrected chi connectivity index (χ1v) is 11.5. The lowest BCUT2D eigenvalue weighted by molar-refractivity contribution is -0.119. The van der Waals surface area contributed by atoms with Gasteiger partial charge in [-0.05, 0) is 54.6 Å². The van der Waals surface area contributed by atoms with Crippen LogP contribution in [0.3, 0.4) is 0 Å². The smallest absolute Gasteiger partial charge is 0.335 e. The van der Waals surface area contributed by atoms with Crippen LogP contribution in [0.15, 0.2) is 54.6 Å². The molecule has 3 aliphatic rings. The van der Waals surface area contributed by atoms with Gasteiger partial charge in [-0.2, -0.15) is 0 Å². The number of rotatable bonds is 3. The van der Waals surface area contributed by atoms with Gasteiger partial charge in [0.05, 0.1) is 22.6 Å². The van der Waals surface area contributed by atoms with Gasteiger partial charge in [-0.15, -0.1) is 0 Å². The van der Waals surface area contributed by atoms with Gasteiger partial charge in [-0.25, -0.2) is 4.79 Å². The van der Waals surface area contributed by atoms with Gasteiger partial charge in [-0.1, -0.05) is 0 Å². The second kappa shape index (κ2) is 10.4. The molecule has 0 saturated carbocycles. The van der Waals surface area contributed by atoms with Crippen molar-refractivity contribution in [2.75, 3.05) is 41.1 Å². The number of ether oxygens (including phenoxy) is 3. The Morgan fingerprint density at radius 2 is 1.08 bits per heavy atom. The Kier molecular flexibility index (Phi) is 6.70. The van der Waals surface area contributed by atoms with E-state index in [0.29, 0.717) is 45.6 Å². The van der Waals surface area contributed by atoms with Gasteiger partial charge in [0.15, 0.2) is 19.8 Å². The van der Waals surface area contributed by atoms with Crippen LogP contribution < -0.4 is 35.5 Å². The number of carbonyl (C=O) groups is 5. The van der Waals surface area contributed by atoms with Crippen molar-refractivity contribution in [2.24, 2.45) is 0 Å². The number of amides is 4. The fourth-order valence-electron chi connectivity index (χ4n) is 3.80. The van der Waals surface area contributed by atoms with Crippen molar-refractivity contribution in [2.45, 2.75) is 0 Å². The number of hydrogen-bond donors (Lipinski definition) is 5. The predicted molar refractivity (Wildman–Crippen MR) is 137 cm³/mol. The molecule has 0 unspecified atom stereocenters. The van der Waals surface area contributed by atoms with Crippen LogP contribution >= 0.6 is 0 Å². The molecule has 3 heterocycles. The number of fused-ring (bicyclic) bond motifs is 3. The number of carboxylic acids is 1. The van der Waals surface area contributed by atoms with E-state index in [1.165, 1.54) is 18.2 Å². The van der Waals surface area contributed by atoms with Crippen LogP contribution in [0.2, 0.25) is 0 Å². The standard InChI is InChI=1S/C17H13N3O5.C9H7NO4/c21-15-7-24-13-3-1-9(5-11(13)19-15)17(23)18-10-2-4-14-12(6-10)20-16(22)8-25-14;11-8-4-14-7-2-1-5(9(12)13)3-6(7)10-8/h1-6H,7-8H2,(H,18,23)(H,19,21)(H,20,22);1-3H,4H2,(H,10,11)(H,12,13). The maximum Gasteiger partial charge on any atom is 0.335 e. The highest BCUT2D eigenvalue weighted by molar-refractivity contribution is 6.07. The Balaban J connectivity index is 0.000000186. The average molecular weight is 532 g/mol. The Bertz CT molecular complexity index is 1540. The molecule has 0 atom stereocenters. The molecule has 13 heteroatoms. The van der Waals surface area contributed by atoms with Crippen molar-refractivity contribution in [1.29, 1.82) is 0 Å². The number of aromatic carboxylic acids is 1. The van der Waals surface area contributed by atoms with Crippen molar-refractivity contribution >= 4 is 52.3 Å². The van der Waals surface area contributed by atoms with Gasteiger partial charge < -0.3 is 40.6 Å². The fourth-order valence-corrected chi connectivity index (χ4v) is 3.80. The lowest BCUT2D eigenvalue weighted by Crippen LogP contribution is -2.26. The van der Waals surface area contributed by atoms with E-state index in [1.807, 2.05) is 0 Å². The van der Waals surface area contributed by atoms with Crippen LogP contribution in [0.1, 0.15) is 20.7 Å². The summed E-state index contributed by atoms with van der Waals surface area (Å²) < 4.78 is 15.6. The van der Waals surface area contributed by atoms with Crippen molar-refractivity contribution in [3.63, 3.8) is 0 Å². The molecule has 0 aromatic heterocycles. The van der Waals surface area contributed by atoms with Gasteiger partial charge in [0, 0.05) is 11.3 Å². The minimum absolute atomic E-state index is 0.0262. The molecule has 0 fully saturated rings. The molecule has 3 aliphatic heterocycles. The maximum absolute atomic E-state index is 12.4. The molecule has 5 N–H and O–H groups in total. The third kappa shape index (κ3) is 5.72. The summed E-state index contributed by atoms with van der Waals surface area (Å²) in [7, 11) is 0. The van der Waals surface area contributed by atoms with Gasteiger partial charge in [0.25, 0.3) is 23.6 Å². The quantitative estimate of drug-likeness (QED) is 0.338. The summed E-state index contributed by atoms with van der Waals surface area (Å²) in [4.78, 5) is 56.7. The number of carbonyl (C=O) groups excluding carboxylic acids is 4. The number of hydrogen-bond acceptors (Lipinski definition) is 8. The minimum atomic E-state index is -1.03. The Hall–Kier alpha value is -5.59. The van der Waals surface area contributed by atoms with E-state index >= 15 is 0 Å². The van der Waals surface area contributed by atoms with Crippen LogP contribution in [0, 0.1) is 0 Å². The number of carboxylic acid groups (broad SMARTS) is 1. The van der Waals surface area contributed by atoms with Crippen molar-refractivity contribution in [3.05, 3.63) is 65.7 Å². The zero-order chi connectivity index (χ0) is 27.5. The molecule has 4 amide bonds. The van der Waals surface area contributed by atoms with Crippen LogP contribution in [0.25, 0.3) is 0 Å². The molecular weight excluding hydrogens is 512 g/mol. The molecule has 3 aromatic carbocycles. The summed E-state index contributed by atoms with van der Waals surface area (Å²) in [5.41, 5.74) is 2.35. The van der Waals surface area contributed by atoms with Crippen LogP contribution in [0.4, 0.5) is 22.7 Å². The van der Waals surface area contributed by atoms with Gasteiger partial charge in [0.1, 0.15) is 17.2 Å². The highest BCUT2D eigenvalue weighted by Crippen LogP contribution is 2.32. The molecule has 13 nitrogen and oxygen atoms in total. The van der Waals surface area contributed by atoms with Crippen LogP contribution in [-0.2, 0) is 14.4 Å². The molecule has 6 rings (SSSR count). The molecule has 0 aliphatic carbocycles. The number of benzene rings is 3. The van der Waals surface area contributed by atoms with E-state index < -0.39 is 5.97 Å². The first kappa shape index (κ1) is 25.1. The summed E-state index contributed by atoms with van der Waals surface area (Å²) >= 11 is 0. The molecule has 198 valence electrons. The van der Waals surface area contributed by atoms with Gasteiger partial charge >= 0.3 is 5.97 Å². The van der Waals surface area contributed by atoms with E-state index in [4.69, 9.17) is 19.3 Å². The fraction of sp³-hybridized carbons (Fsp3) is 0.115. The van der Waals surface area contributed by atoms with Crippen molar-refractivity contribution in [3.8, 4) is 17.2 Å². The lowest BCUT2D eigenvalue weighted by Gasteiger charge is -2.19. The molecule has 0 bridgehead atoms. The maximum atomic E-state index is 12.4. The Morgan fingerprint density at radius 3 is 1.59 bits per heavy atom. The average Bonchev–Trinajstić information content (AvgIpc) is 2.92. The normalized spacial score (nSPS) is 14.5. The summed E-state index contributed by atoms with van der Waals surface area (Å²) in [6, 6.07) is 14.1. The summed E-state index contributed by atoms with van der Waals surface area (Å²) in [5.74, 6) is -0.624. The second-order valence-electron chi connectivity index (χ2n) is 8.40. The van der Waals surface area contributed by atoms with E-state index in [1.54, 1.807) is 36.4 Å². The topological polar surface area (TPSA) is 181 Å². The molecule has 0 radical (unpaired) electrons. The van der Waals surface area contributed by atoms with E-state index in [9.17, 15) is 24.0 Å². The SMILES string of the molecule is O=C1COc2ccc(C(=O)O)cc2N1.O=C1COc2ccc(NC(=O)c3ccc4c(c3)NC(=O)CO4)cc2N1. The van der Waals surface area contributed by atoms with Gasteiger partial charge in [-0.3, -0.25) is 19.2 Å². The molecule has 0 spiro atoms. The third-order valence-corrected chi connectivity index (χ3v) is 5.60. The zero-order valence-electron chi connectivity index (χ0n) is 20.0. The van der Waals surface area contributed by atoms with Crippen LogP contribution in [0.5, 0.6) is 17.2 Å². The monoisotopic (exact) mass is 532 g/mol. The van der Waals surface area contributed by atoms with Crippen molar-refractivity contribution < 1.29 is 43.3 Å². The molecule has 0 saturated heterocycles. The van der Waals surface area contributed by atoms with E-state index in [2.05, 4.69) is 21.3 Å². The summed E-state index contributed by atoms with van der Waals surface area (Å²) in [6.45, 7) is -0.0947. The summed E-state index contributed by atoms with van der Waals surface area (Å²) in [6.07, 6.45) is 0. The van der Waals surface area contributed by atoms with Crippen molar-refractivity contribution in [1.82, 2.24) is 0 Å². The highest BCUT2D eigenvalue weighted by Gasteiger charge is 2.20. The minimum Gasteiger partial charge on any atom is -0.482 e. The highest BCUT2D eigenvalue weighted by atomic mass is 16.5. The first-order chi connectivity index (χ1) is 18.7.